The Morgan fingerprint density at radius 3 is 2.73 bits per heavy atom. The Kier molecular flexibility index (Phi) is 5.33. The molecule has 0 unspecified atom stereocenters. The number of benzene rings is 2. The van der Waals surface area contributed by atoms with Crippen LogP contribution >= 0.6 is 27.5 Å². The van der Waals surface area contributed by atoms with Gasteiger partial charge >= 0.3 is 0 Å². The molecule has 0 aliphatic carbocycles. The van der Waals surface area contributed by atoms with Crippen LogP contribution in [-0.4, -0.2) is 20.9 Å². The van der Waals surface area contributed by atoms with E-state index >= 15 is 0 Å². The molecule has 8 heteroatoms. The van der Waals surface area contributed by atoms with Crippen molar-refractivity contribution in [1.29, 1.82) is 0 Å². The van der Waals surface area contributed by atoms with Crippen molar-refractivity contribution in [3.8, 4) is 0 Å². The summed E-state index contributed by atoms with van der Waals surface area (Å²) in [5.74, 6) is -0.0959. The van der Waals surface area contributed by atoms with Gasteiger partial charge in [0.2, 0.25) is 5.91 Å². The number of carbonyl (C=O) groups excluding carboxylic acids is 1. The zero-order valence-electron chi connectivity index (χ0n) is 14.3. The lowest BCUT2D eigenvalue weighted by Crippen LogP contribution is -2.29. The van der Waals surface area contributed by atoms with Gasteiger partial charge in [-0.15, -0.1) is 0 Å². The fourth-order valence-electron chi connectivity index (χ4n) is 3.02. The van der Waals surface area contributed by atoms with E-state index in [0.717, 1.165) is 11.1 Å². The number of amides is 1. The van der Waals surface area contributed by atoms with E-state index in [-0.39, 0.29) is 10.8 Å². The van der Waals surface area contributed by atoms with Gasteiger partial charge in [-0.3, -0.25) is 9.52 Å². The van der Waals surface area contributed by atoms with Crippen LogP contribution in [0, 0.1) is 6.92 Å². The Hall–Kier alpha value is -1.57. The number of nitrogens with zero attached hydrogens (tertiary/aromatic N) is 1. The molecule has 0 bridgehead atoms. The highest BCUT2D eigenvalue weighted by molar-refractivity contribution is 9.10. The van der Waals surface area contributed by atoms with E-state index in [1.807, 2.05) is 6.07 Å². The molecule has 0 radical (unpaired) electrons. The number of halogens is 2. The Labute approximate surface area is 166 Å². The molecule has 0 saturated heterocycles. The standard InChI is InChI=1S/C18H18BrClN2O3S/c1-3-17(23)22-7-6-12-8-13(19)9-16(18(12)22)26(24,25)21-15-10-14(20)5-4-11(15)2/h4-5,8-10,21H,3,6-7H2,1-2H3. The summed E-state index contributed by atoms with van der Waals surface area (Å²) in [6.07, 6.45) is 0.940. The molecule has 5 nitrogen and oxygen atoms in total. The van der Waals surface area contributed by atoms with Crippen molar-refractivity contribution in [2.45, 2.75) is 31.6 Å². The summed E-state index contributed by atoms with van der Waals surface area (Å²) in [6.45, 7) is 4.05. The fraction of sp³-hybridized carbons (Fsp3) is 0.278. The van der Waals surface area contributed by atoms with E-state index in [9.17, 15) is 13.2 Å². The maximum Gasteiger partial charge on any atom is 0.264 e. The fourth-order valence-corrected chi connectivity index (χ4v) is 5.24. The molecule has 1 amide bonds. The molecule has 3 rings (SSSR count). The zero-order chi connectivity index (χ0) is 19.1. The van der Waals surface area contributed by atoms with Gasteiger partial charge in [0, 0.05) is 22.5 Å². The molecule has 26 heavy (non-hydrogen) atoms. The van der Waals surface area contributed by atoms with Crippen molar-refractivity contribution in [2.75, 3.05) is 16.2 Å². The van der Waals surface area contributed by atoms with Crippen molar-refractivity contribution in [3.05, 3.63) is 51.0 Å². The molecule has 2 aromatic rings. The number of aryl methyl sites for hydroxylation is 1. The molecule has 0 atom stereocenters. The highest BCUT2D eigenvalue weighted by atomic mass is 79.9. The van der Waals surface area contributed by atoms with Gasteiger partial charge in [-0.2, -0.15) is 0 Å². The number of anilines is 2. The Bertz CT molecular complexity index is 992. The van der Waals surface area contributed by atoms with Gasteiger partial charge in [0.1, 0.15) is 4.90 Å². The first-order chi connectivity index (χ1) is 12.2. The number of hydrogen-bond donors (Lipinski definition) is 1. The number of fused-ring (bicyclic) bond motifs is 1. The highest BCUT2D eigenvalue weighted by Crippen LogP contribution is 2.38. The first kappa shape index (κ1) is 19.2. The Morgan fingerprint density at radius 1 is 1.31 bits per heavy atom. The molecule has 0 saturated carbocycles. The average Bonchev–Trinajstić information content (AvgIpc) is 3.00. The molecule has 2 aromatic carbocycles. The molecular weight excluding hydrogens is 440 g/mol. The smallest absolute Gasteiger partial charge is 0.264 e. The molecule has 0 aromatic heterocycles. The van der Waals surface area contributed by atoms with Crippen LogP contribution in [0.25, 0.3) is 0 Å². The molecule has 1 aliphatic heterocycles. The highest BCUT2D eigenvalue weighted by Gasteiger charge is 2.32. The Balaban J connectivity index is 2.11. The van der Waals surface area contributed by atoms with Gasteiger partial charge in [-0.05, 0) is 48.7 Å². The second-order valence-electron chi connectivity index (χ2n) is 6.13. The molecule has 1 aliphatic rings. The van der Waals surface area contributed by atoms with Crippen LogP contribution in [0.1, 0.15) is 24.5 Å². The number of sulfonamides is 1. The SMILES string of the molecule is CCC(=O)N1CCc2cc(Br)cc(S(=O)(=O)Nc3cc(Cl)ccc3C)c21. The molecule has 1 heterocycles. The van der Waals surface area contributed by atoms with E-state index in [2.05, 4.69) is 20.7 Å². The lowest BCUT2D eigenvalue weighted by atomic mass is 10.2. The molecule has 0 spiro atoms. The van der Waals surface area contributed by atoms with Crippen molar-refractivity contribution < 1.29 is 13.2 Å². The van der Waals surface area contributed by atoms with E-state index < -0.39 is 10.0 Å². The van der Waals surface area contributed by atoms with E-state index in [0.29, 0.717) is 40.3 Å². The third kappa shape index (κ3) is 3.61. The van der Waals surface area contributed by atoms with Gasteiger partial charge in [0.15, 0.2) is 0 Å². The summed E-state index contributed by atoms with van der Waals surface area (Å²) in [7, 11) is -3.91. The van der Waals surface area contributed by atoms with Crippen LogP contribution in [0.3, 0.4) is 0 Å². The largest absolute Gasteiger partial charge is 0.310 e. The third-order valence-electron chi connectivity index (χ3n) is 4.33. The first-order valence-corrected chi connectivity index (χ1v) is 10.8. The topological polar surface area (TPSA) is 66.5 Å². The normalized spacial score (nSPS) is 13.6. The van der Waals surface area contributed by atoms with Gasteiger partial charge in [-0.1, -0.05) is 40.5 Å². The quantitative estimate of drug-likeness (QED) is 0.734. The minimum absolute atomic E-state index is 0.0838. The summed E-state index contributed by atoms with van der Waals surface area (Å²) in [6, 6.07) is 8.41. The number of rotatable bonds is 4. The van der Waals surface area contributed by atoms with Crippen molar-refractivity contribution >= 4 is 54.8 Å². The monoisotopic (exact) mass is 456 g/mol. The van der Waals surface area contributed by atoms with Crippen LogP contribution < -0.4 is 9.62 Å². The lowest BCUT2D eigenvalue weighted by Gasteiger charge is -2.21. The first-order valence-electron chi connectivity index (χ1n) is 8.14. The average molecular weight is 458 g/mol. The Morgan fingerprint density at radius 2 is 2.04 bits per heavy atom. The predicted octanol–water partition coefficient (Wildman–Crippen LogP) is 4.51. The maximum absolute atomic E-state index is 13.1. The summed E-state index contributed by atoms with van der Waals surface area (Å²) in [5.41, 5.74) is 2.47. The van der Waals surface area contributed by atoms with Gasteiger partial charge in [0.25, 0.3) is 10.0 Å². The molecule has 1 N–H and O–H groups in total. The van der Waals surface area contributed by atoms with Crippen LogP contribution in [0.5, 0.6) is 0 Å². The minimum Gasteiger partial charge on any atom is -0.310 e. The van der Waals surface area contributed by atoms with Crippen LogP contribution in [0.15, 0.2) is 39.7 Å². The summed E-state index contributed by atoms with van der Waals surface area (Å²) in [5, 5.41) is 0.440. The number of nitrogens with one attached hydrogen (secondary N) is 1. The van der Waals surface area contributed by atoms with Crippen LogP contribution in [0.2, 0.25) is 5.02 Å². The second kappa shape index (κ2) is 7.21. The van der Waals surface area contributed by atoms with E-state index in [1.54, 1.807) is 36.9 Å². The zero-order valence-corrected chi connectivity index (χ0v) is 17.5. The van der Waals surface area contributed by atoms with Crippen molar-refractivity contribution in [3.63, 3.8) is 0 Å². The van der Waals surface area contributed by atoms with E-state index in [4.69, 9.17) is 11.6 Å². The summed E-state index contributed by atoms with van der Waals surface area (Å²) in [4.78, 5) is 13.9. The van der Waals surface area contributed by atoms with Crippen molar-refractivity contribution in [2.24, 2.45) is 0 Å². The number of carbonyl (C=O) groups is 1. The third-order valence-corrected chi connectivity index (χ3v) is 6.40. The minimum atomic E-state index is -3.91. The lowest BCUT2D eigenvalue weighted by molar-refractivity contribution is -0.118. The maximum atomic E-state index is 13.1. The summed E-state index contributed by atoms with van der Waals surface area (Å²) >= 11 is 9.38. The second-order valence-corrected chi connectivity index (χ2v) is 9.13. The van der Waals surface area contributed by atoms with Gasteiger partial charge in [-0.25, -0.2) is 8.42 Å². The molecule has 0 fully saturated rings. The predicted molar refractivity (Wildman–Crippen MR) is 107 cm³/mol. The van der Waals surface area contributed by atoms with Crippen molar-refractivity contribution in [1.82, 2.24) is 0 Å². The van der Waals surface area contributed by atoms with Gasteiger partial charge in [0.05, 0.1) is 11.4 Å². The van der Waals surface area contributed by atoms with Crippen LogP contribution in [0.4, 0.5) is 11.4 Å². The van der Waals surface area contributed by atoms with Crippen LogP contribution in [-0.2, 0) is 21.2 Å². The summed E-state index contributed by atoms with van der Waals surface area (Å²) < 4.78 is 29.5. The molecule has 138 valence electrons. The number of hydrogen-bond acceptors (Lipinski definition) is 3. The van der Waals surface area contributed by atoms with Gasteiger partial charge < -0.3 is 4.90 Å². The van der Waals surface area contributed by atoms with E-state index in [1.165, 1.54) is 6.07 Å². The molecular formula is C18H18BrClN2O3S.